The SMILES string of the molecule is CCOP(=O)(C[C@H]1O[C@H](OC)[C@H](O)[C@@H](O)[C@@H]1O)OCC. The summed E-state index contributed by atoms with van der Waals surface area (Å²) in [5, 5.41) is 29.3. The molecule has 0 spiro atoms. The van der Waals surface area contributed by atoms with Crippen LogP contribution in [0.15, 0.2) is 0 Å². The van der Waals surface area contributed by atoms with Crippen molar-refractivity contribution in [2.45, 2.75) is 44.6 Å². The van der Waals surface area contributed by atoms with E-state index in [4.69, 9.17) is 18.5 Å². The fraction of sp³-hybridized carbons (Fsp3) is 1.00. The summed E-state index contributed by atoms with van der Waals surface area (Å²) < 4.78 is 32.8. The van der Waals surface area contributed by atoms with E-state index in [9.17, 15) is 19.9 Å². The third-order valence-electron chi connectivity index (χ3n) is 2.96. The smallest absolute Gasteiger partial charge is 0.333 e. The van der Waals surface area contributed by atoms with Crippen molar-refractivity contribution >= 4 is 7.60 Å². The molecule has 3 N–H and O–H groups in total. The summed E-state index contributed by atoms with van der Waals surface area (Å²) in [7, 11) is -2.15. The first-order valence-corrected chi connectivity index (χ1v) is 8.21. The van der Waals surface area contributed by atoms with E-state index in [1.165, 1.54) is 7.11 Å². The van der Waals surface area contributed by atoms with E-state index in [-0.39, 0.29) is 19.4 Å². The lowest BCUT2D eigenvalue weighted by Gasteiger charge is -2.40. The Bertz CT molecular complexity index is 326. The summed E-state index contributed by atoms with van der Waals surface area (Å²) in [5.41, 5.74) is 0. The first-order chi connectivity index (χ1) is 9.38. The molecule has 1 fully saturated rings. The average molecular weight is 314 g/mol. The zero-order valence-electron chi connectivity index (χ0n) is 11.8. The van der Waals surface area contributed by atoms with Gasteiger partial charge in [0.15, 0.2) is 6.29 Å². The van der Waals surface area contributed by atoms with Crippen LogP contribution in [0.25, 0.3) is 0 Å². The van der Waals surface area contributed by atoms with Crippen molar-refractivity contribution in [2.24, 2.45) is 0 Å². The van der Waals surface area contributed by atoms with Crippen molar-refractivity contribution in [3.8, 4) is 0 Å². The molecule has 1 heterocycles. The van der Waals surface area contributed by atoms with Gasteiger partial charge in [0.1, 0.15) is 24.4 Å². The van der Waals surface area contributed by atoms with Crippen molar-refractivity contribution < 1.29 is 38.4 Å². The van der Waals surface area contributed by atoms with Crippen molar-refractivity contribution in [3.63, 3.8) is 0 Å². The van der Waals surface area contributed by atoms with Gasteiger partial charge in [-0.15, -0.1) is 0 Å². The van der Waals surface area contributed by atoms with Gasteiger partial charge in [0.05, 0.1) is 19.4 Å². The Morgan fingerprint density at radius 2 is 1.60 bits per heavy atom. The van der Waals surface area contributed by atoms with Crippen molar-refractivity contribution in [1.29, 1.82) is 0 Å². The molecular formula is C11H23O8P. The standard InChI is InChI=1S/C11H23O8P/c1-4-17-20(15,18-5-2)6-7-8(12)9(13)10(14)11(16-3)19-7/h7-14H,4-6H2,1-3H3/t7-,8-,9+,10-,11+/m1/s1. The van der Waals surface area contributed by atoms with Gasteiger partial charge >= 0.3 is 7.60 Å². The molecule has 9 heteroatoms. The second-order valence-corrected chi connectivity index (χ2v) is 6.48. The fourth-order valence-electron chi connectivity index (χ4n) is 2.02. The van der Waals surface area contributed by atoms with Crippen LogP contribution in [0.2, 0.25) is 0 Å². The van der Waals surface area contributed by atoms with Crippen molar-refractivity contribution in [1.82, 2.24) is 0 Å². The second kappa shape index (κ2) is 7.82. The van der Waals surface area contributed by atoms with E-state index in [0.29, 0.717) is 0 Å². The molecule has 0 aromatic heterocycles. The topological polar surface area (TPSA) is 115 Å². The third-order valence-corrected chi connectivity index (χ3v) is 5.07. The lowest BCUT2D eigenvalue weighted by molar-refractivity contribution is -0.285. The zero-order chi connectivity index (χ0) is 15.3. The molecule has 1 aliphatic heterocycles. The summed E-state index contributed by atoms with van der Waals surface area (Å²) in [5.74, 6) is 0. The van der Waals surface area contributed by atoms with Gasteiger partial charge in [0, 0.05) is 7.11 Å². The number of rotatable bonds is 7. The van der Waals surface area contributed by atoms with Crippen LogP contribution in [0.1, 0.15) is 13.8 Å². The molecule has 5 atom stereocenters. The number of aliphatic hydroxyl groups excluding tert-OH is 3. The van der Waals surface area contributed by atoms with Crippen LogP contribution >= 0.6 is 7.60 Å². The molecule has 0 aromatic carbocycles. The average Bonchev–Trinajstić information content (AvgIpc) is 2.40. The summed E-state index contributed by atoms with van der Waals surface area (Å²) in [6.45, 7) is 3.69. The Morgan fingerprint density at radius 3 is 2.05 bits per heavy atom. The van der Waals surface area contributed by atoms with Gasteiger partial charge in [-0.2, -0.15) is 0 Å². The van der Waals surface area contributed by atoms with Gasteiger partial charge in [0.2, 0.25) is 0 Å². The largest absolute Gasteiger partial charge is 0.388 e. The predicted molar refractivity (Wildman–Crippen MR) is 69.4 cm³/mol. The summed E-state index contributed by atoms with van der Waals surface area (Å²) in [4.78, 5) is 0. The number of methoxy groups -OCH3 is 1. The van der Waals surface area contributed by atoms with E-state index >= 15 is 0 Å². The van der Waals surface area contributed by atoms with Crippen molar-refractivity contribution in [2.75, 3.05) is 26.5 Å². The molecule has 0 radical (unpaired) electrons. The molecule has 20 heavy (non-hydrogen) atoms. The van der Waals surface area contributed by atoms with E-state index in [1.807, 2.05) is 0 Å². The molecule has 1 saturated heterocycles. The highest BCUT2D eigenvalue weighted by Gasteiger charge is 2.46. The molecule has 8 nitrogen and oxygen atoms in total. The fourth-order valence-corrected chi connectivity index (χ4v) is 3.83. The van der Waals surface area contributed by atoms with E-state index in [2.05, 4.69) is 0 Å². The van der Waals surface area contributed by atoms with E-state index in [0.717, 1.165) is 0 Å². The van der Waals surface area contributed by atoms with Gasteiger partial charge in [-0.1, -0.05) is 0 Å². The van der Waals surface area contributed by atoms with Crippen LogP contribution in [-0.4, -0.2) is 72.5 Å². The van der Waals surface area contributed by atoms with Crippen LogP contribution in [0.5, 0.6) is 0 Å². The molecule has 0 bridgehead atoms. The highest BCUT2D eigenvalue weighted by Crippen LogP contribution is 2.50. The molecule has 120 valence electrons. The molecule has 0 aliphatic carbocycles. The lowest BCUT2D eigenvalue weighted by atomic mass is 10.00. The predicted octanol–water partition coefficient (Wildman–Crippen LogP) is -0.294. The Morgan fingerprint density at radius 1 is 1.05 bits per heavy atom. The van der Waals surface area contributed by atoms with Gasteiger partial charge in [-0.25, -0.2) is 0 Å². The maximum absolute atomic E-state index is 12.4. The first-order valence-electron chi connectivity index (χ1n) is 6.49. The number of ether oxygens (including phenoxy) is 2. The van der Waals surface area contributed by atoms with Crippen LogP contribution in [-0.2, 0) is 23.1 Å². The van der Waals surface area contributed by atoms with Crippen LogP contribution in [0.4, 0.5) is 0 Å². The molecule has 0 unspecified atom stereocenters. The molecule has 0 aromatic rings. The maximum atomic E-state index is 12.4. The quantitative estimate of drug-likeness (QED) is 0.549. The number of aliphatic hydroxyl groups is 3. The maximum Gasteiger partial charge on any atom is 0.333 e. The Kier molecular flexibility index (Phi) is 7.03. The van der Waals surface area contributed by atoms with Crippen LogP contribution in [0.3, 0.4) is 0 Å². The highest BCUT2D eigenvalue weighted by atomic mass is 31.2. The van der Waals surface area contributed by atoms with E-state index in [1.54, 1.807) is 13.8 Å². The minimum Gasteiger partial charge on any atom is -0.388 e. The zero-order valence-corrected chi connectivity index (χ0v) is 12.7. The Labute approximate surface area is 118 Å². The van der Waals surface area contributed by atoms with Crippen molar-refractivity contribution in [3.05, 3.63) is 0 Å². The highest BCUT2D eigenvalue weighted by molar-refractivity contribution is 7.53. The molecule has 1 rings (SSSR count). The molecule has 1 aliphatic rings. The summed E-state index contributed by atoms with van der Waals surface area (Å²) in [6.07, 6.45) is -6.64. The summed E-state index contributed by atoms with van der Waals surface area (Å²) >= 11 is 0. The van der Waals surface area contributed by atoms with Crippen LogP contribution < -0.4 is 0 Å². The first kappa shape index (κ1) is 18.0. The third kappa shape index (κ3) is 4.22. The number of hydrogen-bond donors (Lipinski definition) is 3. The normalized spacial score (nSPS) is 35.2. The monoisotopic (exact) mass is 314 g/mol. The molecule has 0 amide bonds. The van der Waals surface area contributed by atoms with Gasteiger partial charge in [0.25, 0.3) is 0 Å². The molecular weight excluding hydrogens is 291 g/mol. The molecule has 0 saturated carbocycles. The lowest BCUT2D eigenvalue weighted by Crippen LogP contribution is -2.58. The Balaban J connectivity index is 2.80. The van der Waals surface area contributed by atoms with Gasteiger partial charge in [-0.05, 0) is 13.8 Å². The summed E-state index contributed by atoms with van der Waals surface area (Å²) in [6, 6.07) is 0. The second-order valence-electron chi connectivity index (χ2n) is 4.38. The minimum atomic E-state index is -3.44. The van der Waals surface area contributed by atoms with E-state index < -0.39 is 38.3 Å². The minimum absolute atomic E-state index is 0.180. The number of hydrogen-bond acceptors (Lipinski definition) is 8. The van der Waals surface area contributed by atoms with Crippen LogP contribution in [0, 0.1) is 0 Å². The van der Waals surface area contributed by atoms with Gasteiger partial charge in [-0.3, -0.25) is 4.57 Å². The Hall–Kier alpha value is -0.0500. The van der Waals surface area contributed by atoms with Gasteiger partial charge < -0.3 is 33.8 Å².